The number of pyridine rings is 1. The standard InChI is InChI=1S/C24H25FN2O2/c1-3-4-5-6-7-16-29-22-12-8-11-21(23(22)25)27(2)24(28)19-13-14-20-18(17-19)10-9-15-26-20/h4-5,8-15,17H,3,6-7,16H2,1-2H3. The van der Waals surface area contributed by atoms with Crippen LogP contribution in [0.1, 0.15) is 36.5 Å². The van der Waals surface area contributed by atoms with Crippen molar-refractivity contribution in [3.63, 3.8) is 0 Å². The number of amides is 1. The number of anilines is 1. The molecule has 0 saturated heterocycles. The summed E-state index contributed by atoms with van der Waals surface area (Å²) in [5, 5.41) is 0.862. The summed E-state index contributed by atoms with van der Waals surface area (Å²) in [6, 6.07) is 13.8. The van der Waals surface area contributed by atoms with Crippen LogP contribution in [0.3, 0.4) is 0 Å². The molecule has 1 aromatic heterocycles. The first-order valence-electron chi connectivity index (χ1n) is 9.81. The third-order valence-corrected chi connectivity index (χ3v) is 4.63. The smallest absolute Gasteiger partial charge is 0.258 e. The number of fused-ring (bicyclic) bond motifs is 1. The number of nitrogens with zero attached hydrogens (tertiary/aromatic N) is 2. The summed E-state index contributed by atoms with van der Waals surface area (Å²) in [5.41, 5.74) is 1.47. The lowest BCUT2D eigenvalue weighted by Gasteiger charge is -2.19. The van der Waals surface area contributed by atoms with Gasteiger partial charge in [0.1, 0.15) is 0 Å². The number of hydrogen-bond acceptors (Lipinski definition) is 3. The van der Waals surface area contributed by atoms with Gasteiger partial charge in [-0.05, 0) is 55.7 Å². The summed E-state index contributed by atoms with van der Waals surface area (Å²) < 4.78 is 20.5. The van der Waals surface area contributed by atoms with Crippen molar-refractivity contribution in [2.45, 2.75) is 26.2 Å². The Hall–Kier alpha value is -3.21. The molecule has 0 bridgehead atoms. The third-order valence-electron chi connectivity index (χ3n) is 4.63. The highest BCUT2D eigenvalue weighted by molar-refractivity contribution is 6.07. The van der Waals surface area contributed by atoms with Crippen LogP contribution in [0.25, 0.3) is 10.9 Å². The summed E-state index contributed by atoms with van der Waals surface area (Å²) in [6.07, 6.45) is 8.61. The van der Waals surface area contributed by atoms with E-state index in [1.165, 1.54) is 4.90 Å². The molecule has 0 unspecified atom stereocenters. The van der Waals surface area contributed by atoms with Crippen LogP contribution in [-0.4, -0.2) is 24.5 Å². The number of unbranched alkanes of at least 4 members (excludes halogenated alkanes) is 1. The highest BCUT2D eigenvalue weighted by Gasteiger charge is 2.19. The van der Waals surface area contributed by atoms with E-state index in [-0.39, 0.29) is 17.3 Å². The number of hydrogen-bond donors (Lipinski definition) is 0. The first-order chi connectivity index (χ1) is 14.1. The van der Waals surface area contributed by atoms with Crippen molar-refractivity contribution in [2.75, 3.05) is 18.6 Å². The Balaban J connectivity index is 1.73. The summed E-state index contributed by atoms with van der Waals surface area (Å²) in [5.74, 6) is -0.671. The molecular weight excluding hydrogens is 367 g/mol. The van der Waals surface area contributed by atoms with Crippen molar-refractivity contribution in [3.05, 3.63) is 78.3 Å². The van der Waals surface area contributed by atoms with E-state index in [2.05, 4.69) is 24.1 Å². The van der Waals surface area contributed by atoms with Gasteiger partial charge in [0, 0.05) is 24.2 Å². The minimum absolute atomic E-state index is 0.157. The van der Waals surface area contributed by atoms with Crippen molar-refractivity contribution >= 4 is 22.5 Å². The van der Waals surface area contributed by atoms with Gasteiger partial charge < -0.3 is 9.64 Å². The van der Waals surface area contributed by atoms with Gasteiger partial charge in [0.05, 0.1) is 17.8 Å². The Morgan fingerprint density at radius 1 is 1.17 bits per heavy atom. The number of halogens is 1. The molecule has 0 fully saturated rings. The summed E-state index contributed by atoms with van der Waals surface area (Å²) in [4.78, 5) is 18.5. The second-order valence-electron chi connectivity index (χ2n) is 6.73. The molecule has 1 amide bonds. The van der Waals surface area contributed by atoms with E-state index < -0.39 is 5.82 Å². The maximum atomic E-state index is 14.9. The van der Waals surface area contributed by atoms with E-state index in [0.717, 1.165) is 30.2 Å². The Kier molecular flexibility index (Phi) is 6.95. The van der Waals surface area contributed by atoms with E-state index in [0.29, 0.717) is 12.2 Å². The first-order valence-corrected chi connectivity index (χ1v) is 9.81. The van der Waals surface area contributed by atoms with Gasteiger partial charge in [0.15, 0.2) is 11.6 Å². The lowest BCUT2D eigenvalue weighted by molar-refractivity contribution is 0.0992. The van der Waals surface area contributed by atoms with Crippen molar-refractivity contribution in [1.29, 1.82) is 0 Å². The van der Waals surface area contributed by atoms with E-state index in [1.54, 1.807) is 49.6 Å². The van der Waals surface area contributed by atoms with Gasteiger partial charge in [0.2, 0.25) is 0 Å². The van der Waals surface area contributed by atoms with Crippen LogP contribution in [0.5, 0.6) is 5.75 Å². The molecule has 0 aliphatic carbocycles. The summed E-state index contributed by atoms with van der Waals surface area (Å²) in [6.45, 7) is 2.50. The van der Waals surface area contributed by atoms with Crippen LogP contribution < -0.4 is 9.64 Å². The van der Waals surface area contributed by atoms with Crippen molar-refractivity contribution in [2.24, 2.45) is 0 Å². The number of ether oxygens (including phenoxy) is 1. The van der Waals surface area contributed by atoms with Gasteiger partial charge in [-0.2, -0.15) is 0 Å². The zero-order chi connectivity index (χ0) is 20.6. The van der Waals surface area contributed by atoms with Gasteiger partial charge in [-0.25, -0.2) is 4.39 Å². The number of carbonyl (C=O) groups is 1. The minimum Gasteiger partial charge on any atom is -0.490 e. The van der Waals surface area contributed by atoms with Crippen LogP contribution in [-0.2, 0) is 0 Å². The molecule has 0 aliphatic rings. The Morgan fingerprint density at radius 3 is 2.86 bits per heavy atom. The highest BCUT2D eigenvalue weighted by Crippen LogP contribution is 2.28. The van der Waals surface area contributed by atoms with Crippen LogP contribution in [0.4, 0.5) is 10.1 Å². The number of allylic oxidation sites excluding steroid dienone is 2. The van der Waals surface area contributed by atoms with E-state index in [9.17, 15) is 9.18 Å². The lowest BCUT2D eigenvalue weighted by atomic mass is 10.1. The molecule has 3 rings (SSSR count). The van der Waals surface area contributed by atoms with E-state index in [1.807, 2.05) is 12.1 Å². The molecule has 0 aliphatic heterocycles. The third kappa shape index (κ3) is 4.99. The average Bonchev–Trinajstić information content (AvgIpc) is 2.76. The molecule has 3 aromatic rings. The fourth-order valence-electron chi connectivity index (χ4n) is 3.05. The molecular formula is C24H25FN2O2. The number of benzene rings is 2. The van der Waals surface area contributed by atoms with Gasteiger partial charge in [-0.1, -0.05) is 31.2 Å². The Bertz CT molecular complexity index is 1020. The van der Waals surface area contributed by atoms with Gasteiger partial charge in [0.25, 0.3) is 5.91 Å². The average molecular weight is 392 g/mol. The van der Waals surface area contributed by atoms with Crippen molar-refractivity contribution < 1.29 is 13.9 Å². The number of carbonyl (C=O) groups excluding carboxylic acids is 1. The quantitative estimate of drug-likeness (QED) is 0.361. The molecule has 0 atom stereocenters. The molecule has 0 N–H and O–H groups in total. The number of rotatable bonds is 8. The monoisotopic (exact) mass is 392 g/mol. The van der Waals surface area contributed by atoms with Crippen LogP contribution >= 0.6 is 0 Å². The molecule has 150 valence electrons. The van der Waals surface area contributed by atoms with E-state index in [4.69, 9.17) is 4.74 Å². The zero-order valence-electron chi connectivity index (χ0n) is 16.8. The largest absolute Gasteiger partial charge is 0.490 e. The molecule has 0 spiro atoms. The second kappa shape index (κ2) is 9.82. The first kappa shape index (κ1) is 20.5. The minimum atomic E-state index is -0.532. The molecule has 5 heteroatoms. The van der Waals surface area contributed by atoms with E-state index >= 15 is 0 Å². The lowest BCUT2D eigenvalue weighted by Crippen LogP contribution is -2.27. The maximum Gasteiger partial charge on any atom is 0.258 e. The molecule has 4 nitrogen and oxygen atoms in total. The maximum absolute atomic E-state index is 14.9. The predicted molar refractivity (Wildman–Crippen MR) is 115 cm³/mol. The van der Waals surface area contributed by atoms with Gasteiger partial charge in [-0.3, -0.25) is 9.78 Å². The predicted octanol–water partition coefficient (Wildman–Crippen LogP) is 5.78. The summed E-state index contributed by atoms with van der Waals surface area (Å²) in [7, 11) is 1.56. The van der Waals surface area contributed by atoms with Crippen LogP contribution in [0, 0.1) is 5.82 Å². The van der Waals surface area contributed by atoms with Crippen LogP contribution in [0.2, 0.25) is 0 Å². The van der Waals surface area contributed by atoms with Crippen LogP contribution in [0.15, 0.2) is 66.9 Å². The topological polar surface area (TPSA) is 42.4 Å². The van der Waals surface area contributed by atoms with Gasteiger partial charge in [-0.15, -0.1) is 0 Å². The molecule has 1 heterocycles. The van der Waals surface area contributed by atoms with Crippen molar-refractivity contribution in [3.8, 4) is 5.75 Å². The molecule has 0 saturated carbocycles. The molecule has 2 aromatic carbocycles. The molecule has 0 radical (unpaired) electrons. The Morgan fingerprint density at radius 2 is 2.03 bits per heavy atom. The van der Waals surface area contributed by atoms with Crippen molar-refractivity contribution in [1.82, 2.24) is 4.98 Å². The fourth-order valence-corrected chi connectivity index (χ4v) is 3.05. The Labute approximate surface area is 170 Å². The highest BCUT2D eigenvalue weighted by atomic mass is 19.1. The van der Waals surface area contributed by atoms with Gasteiger partial charge >= 0.3 is 0 Å². The fraction of sp³-hybridized carbons (Fsp3) is 0.250. The molecule has 29 heavy (non-hydrogen) atoms. The zero-order valence-corrected chi connectivity index (χ0v) is 16.8. The SMILES string of the molecule is CCC=CCCCOc1cccc(N(C)C(=O)c2ccc3ncccc3c2)c1F. The summed E-state index contributed by atoms with van der Waals surface area (Å²) >= 11 is 0. The number of aromatic nitrogens is 1. The second-order valence-corrected chi connectivity index (χ2v) is 6.73. The normalized spacial score (nSPS) is 11.1.